The summed E-state index contributed by atoms with van der Waals surface area (Å²) >= 11 is 0. The van der Waals surface area contributed by atoms with Crippen molar-refractivity contribution in [3.63, 3.8) is 0 Å². The first-order valence-electron chi connectivity index (χ1n) is 16.9. The number of carbonyl (C=O) groups is 3. The molecule has 0 aromatic carbocycles. The van der Waals surface area contributed by atoms with Gasteiger partial charge in [0, 0.05) is 17.3 Å². The van der Waals surface area contributed by atoms with Crippen LogP contribution in [-0.2, 0) is 19.1 Å². The molecule has 0 amide bonds. The van der Waals surface area contributed by atoms with Crippen molar-refractivity contribution < 1.29 is 24.2 Å². The molecule has 5 aliphatic rings. The predicted octanol–water partition coefficient (Wildman–Crippen LogP) is 8.65. The summed E-state index contributed by atoms with van der Waals surface area (Å²) in [4.78, 5) is 37.4. The van der Waals surface area contributed by atoms with Gasteiger partial charge in [0.2, 0.25) is 0 Å². The van der Waals surface area contributed by atoms with Crippen LogP contribution in [0.15, 0.2) is 12.2 Å². The monoisotopic (exact) mass is 582 g/mol. The van der Waals surface area contributed by atoms with Gasteiger partial charge in [-0.25, -0.2) is 0 Å². The molecule has 0 unspecified atom stereocenters. The lowest BCUT2D eigenvalue weighted by Gasteiger charge is -2.72. The smallest absolute Gasteiger partial charge is 0.306 e. The molecule has 0 saturated heterocycles. The lowest BCUT2D eigenvalue weighted by atomic mass is 9.32. The quantitative estimate of drug-likeness (QED) is 0.240. The average Bonchev–Trinajstić information content (AvgIpc) is 3.25. The van der Waals surface area contributed by atoms with Crippen molar-refractivity contribution in [2.24, 2.45) is 62.1 Å². The number of ketones is 1. The van der Waals surface area contributed by atoms with Gasteiger partial charge in [-0.05, 0) is 116 Å². The van der Waals surface area contributed by atoms with E-state index in [-0.39, 0.29) is 45.9 Å². The van der Waals surface area contributed by atoms with Gasteiger partial charge in [0.25, 0.3) is 0 Å². The Labute approximate surface area is 255 Å². The second-order valence-electron chi connectivity index (χ2n) is 17.8. The highest BCUT2D eigenvalue weighted by Crippen LogP contribution is 2.77. The number of carbonyl (C=O) groups excluding carboxylic acids is 2. The molecule has 0 aromatic heterocycles. The van der Waals surface area contributed by atoms with Crippen molar-refractivity contribution in [2.45, 2.75) is 132 Å². The Morgan fingerprint density at radius 1 is 0.905 bits per heavy atom. The summed E-state index contributed by atoms with van der Waals surface area (Å²) in [6, 6.07) is 0. The van der Waals surface area contributed by atoms with Crippen molar-refractivity contribution in [2.75, 3.05) is 6.61 Å². The van der Waals surface area contributed by atoms with E-state index >= 15 is 0 Å². The fourth-order valence-electron chi connectivity index (χ4n) is 12.5. The zero-order chi connectivity index (χ0) is 31.1. The highest BCUT2D eigenvalue weighted by atomic mass is 16.5. The Morgan fingerprint density at radius 2 is 1.60 bits per heavy atom. The van der Waals surface area contributed by atoms with E-state index < -0.39 is 11.4 Å². The van der Waals surface area contributed by atoms with Crippen molar-refractivity contribution in [3.05, 3.63) is 12.2 Å². The second kappa shape index (κ2) is 10.2. The number of Topliss-reactive ketones (excluding diaryl/α,β-unsaturated/α-hetero) is 1. The number of ether oxygens (including phenoxy) is 1. The summed E-state index contributed by atoms with van der Waals surface area (Å²) in [6.45, 7) is 23.0. The van der Waals surface area contributed by atoms with Crippen LogP contribution in [0.25, 0.3) is 0 Å². The van der Waals surface area contributed by atoms with Crippen LogP contribution in [-0.4, -0.2) is 29.4 Å². The number of hydrogen-bond donors (Lipinski definition) is 1. The van der Waals surface area contributed by atoms with Crippen molar-refractivity contribution in [3.8, 4) is 0 Å². The van der Waals surface area contributed by atoms with Crippen LogP contribution in [0.4, 0.5) is 0 Å². The maximum Gasteiger partial charge on any atom is 0.306 e. The van der Waals surface area contributed by atoms with E-state index in [1.165, 1.54) is 24.8 Å². The molecule has 0 spiro atoms. The highest BCUT2D eigenvalue weighted by Gasteiger charge is 2.71. The van der Waals surface area contributed by atoms with Gasteiger partial charge >= 0.3 is 11.9 Å². The first kappa shape index (κ1) is 31.8. The van der Waals surface area contributed by atoms with Gasteiger partial charge in [-0.2, -0.15) is 0 Å². The molecule has 1 N–H and O–H groups in total. The van der Waals surface area contributed by atoms with Crippen LogP contribution < -0.4 is 0 Å². The van der Waals surface area contributed by atoms with Gasteiger partial charge in [-0.15, -0.1) is 0 Å². The second-order valence-corrected chi connectivity index (χ2v) is 17.8. The van der Waals surface area contributed by atoms with Gasteiger partial charge in [-0.3, -0.25) is 14.4 Å². The third-order valence-corrected chi connectivity index (χ3v) is 14.8. The first-order valence-corrected chi connectivity index (χ1v) is 16.9. The summed E-state index contributed by atoms with van der Waals surface area (Å²) in [7, 11) is 0. The van der Waals surface area contributed by atoms with Gasteiger partial charge < -0.3 is 9.84 Å². The van der Waals surface area contributed by atoms with Crippen LogP contribution >= 0.6 is 0 Å². The fourth-order valence-corrected chi connectivity index (χ4v) is 12.5. The third kappa shape index (κ3) is 4.64. The number of esters is 1. The van der Waals surface area contributed by atoms with Crippen LogP contribution in [0.5, 0.6) is 0 Å². The summed E-state index contributed by atoms with van der Waals surface area (Å²) in [5.74, 6) is 1.89. The van der Waals surface area contributed by atoms with Gasteiger partial charge in [0.15, 0.2) is 0 Å². The van der Waals surface area contributed by atoms with Crippen molar-refractivity contribution in [1.29, 1.82) is 0 Å². The SMILES string of the molecule is C=C(C)[C@@H]1CC[C@]2(COC(=O)CC(C)(C)CC(=O)O)CC[C@]3(C)[C@H](CC[C@@H]4[C@@]5(C)CCC(=O)C(C)(C)[C@@H]5CC[C@]43C)[C@@H]12. The molecule has 9 atom stereocenters. The predicted molar refractivity (Wildman–Crippen MR) is 166 cm³/mol. The van der Waals surface area contributed by atoms with E-state index in [9.17, 15) is 19.5 Å². The molecule has 0 bridgehead atoms. The Balaban J connectivity index is 1.42. The zero-order valence-electron chi connectivity index (χ0n) is 27.9. The maximum absolute atomic E-state index is 13.1. The van der Waals surface area contributed by atoms with Crippen molar-refractivity contribution in [1.82, 2.24) is 0 Å². The molecule has 5 aliphatic carbocycles. The number of fused-ring (bicyclic) bond motifs is 7. The van der Waals surface area contributed by atoms with Crippen LogP contribution in [0.2, 0.25) is 0 Å². The Morgan fingerprint density at radius 3 is 2.24 bits per heavy atom. The van der Waals surface area contributed by atoms with E-state index in [1.54, 1.807) is 0 Å². The lowest BCUT2D eigenvalue weighted by molar-refractivity contribution is -0.237. The standard InChI is InChI=1S/C37H58O5/c1-23(2)24-12-17-37(22-42-30(41)21-32(3,4)20-29(39)40)19-18-35(8)25(31(24)37)10-11-27-34(7)15-14-28(38)33(5,6)26(34)13-16-36(27,35)9/h24-27,31H,1,10-22H2,2-9H3,(H,39,40)/t24-,25+,26-,27+,31+,34-,35+,36+,37+/m0/s1. The van der Waals surface area contributed by atoms with Crippen LogP contribution in [0, 0.1) is 62.1 Å². The molecule has 5 saturated carbocycles. The minimum absolute atomic E-state index is 0.0239. The maximum atomic E-state index is 13.1. The molecule has 0 heterocycles. The van der Waals surface area contributed by atoms with E-state index in [4.69, 9.17) is 4.74 Å². The minimum Gasteiger partial charge on any atom is -0.481 e. The zero-order valence-corrected chi connectivity index (χ0v) is 27.9. The molecule has 42 heavy (non-hydrogen) atoms. The Kier molecular flexibility index (Phi) is 7.71. The van der Waals surface area contributed by atoms with E-state index in [0.717, 1.165) is 44.9 Å². The molecule has 5 nitrogen and oxygen atoms in total. The summed E-state index contributed by atoms with van der Waals surface area (Å²) in [6.07, 6.45) is 11.1. The molecule has 5 rings (SSSR count). The van der Waals surface area contributed by atoms with Crippen LogP contribution in [0.3, 0.4) is 0 Å². The van der Waals surface area contributed by atoms with E-state index in [1.807, 2.05) is 13.8 Å². The largest absolute Gasteiger partial charge is 0.481 e. The van der Waals surface area contributed by atoms with Gasteiger partial charge in [0.1, 0.15) is 5.78 Å². The lowest BCUT2D eigenvalue weighted by Crippen LogP contribution is -2.66. The summed E-state index contributed by atoms with van der Waals surface area (Å²) in [5.41, 5.74) is 1.03. The molecule has 236 valence electrons. The molecular formula is C37H58O5. The normalized spacial score (nSPS) is 44.3. The van der Waals surface area contributed by atoms with Crippen molar-refractivity contribution >= 4 is 17.7 Å². The average molecular weight is 583 g/mol. The fraction of sp³-hybridized carbons (Fsp3) is 0.865. The number of hydrogen-bond acceptors (Lipinski definition) is 4. The number of carboxylic acid groups (broad SMARTS) is 1. The van der Waals surface area contributed by atoms with Crippen LogP contribution in [0.1, 0.15) is 132 Å². The Hall–Kier alpha value is -1.65. The number of rotatable bonds is 7. The third-order valence-electron chi connectivity index (χ3n) is 14.8. The highest BCUT2D eigenvalue weighted by molar-refractivity contribution is 5.85. The van der Waals surface area contributed by atoms with E-state index in [0.29, 0.717) is 42.0 Å². The molecular weight excluding hydrogens is 524 g/mol. The molecule has 5 fully saturated rings. The first-order chi connectivity index (χ1) is 19.3. The minimum atomic E-state index is -0.881. The van der Waals surface area contributed by atoms with E-state index in [2.05, 4.69) is 48.1 Å². The van der Waals surface area contributed by atoms with Gasteiger partial charge in [-0.1, -0.05) is 60.6 Å². The Bertz CT molecular complexity index is 1150. The number of aliphatic carboxylic acids is 1. The molecule has 0 radical (unpaired) electrons. The molecule has 0 aromatic rings. The summed E-state index contributed by atoms with van der Waals surface area (Å²) in [5, 5.41) is 9.28. The summed E-state index contributed by atoms with van der Waals surface area (Å²) < 4.78 is 6.10. The molecule has 5 heteroatoms. The molecule has 0 aliphatic heterocycles. The van der Waals surface area contributed by atoms with Gasteiger partial charge in [0.05, 0.1) is 19.4 Å². The number of carboxylic acids is 1. The number of allylic oxidation sites excluding steroid dienone is 1. The topological polar surface area (TPSA) is 80.7 Å².